The molecule has 0 aliphatic heterocycles. The Morgan fingerprint density at radius 3 is 2.14 bits per heavy atom. The van der Waals surface area contributed by atoms with Gasteiger partial charge in [0.25, 0.3) is 5.91 Å². The zero-order valence-corrected chi connectivity index (χ0v) is 13.2. The zero-order chi connectivity index (χ0) is 16.4. The number of amides is 1. The largest absolute Gasteiger partial charge is 0.387 e. The second-order valence-corrected chi connectivity index (χ2v) is 6.29. The number of alkyl halides is 2. The molecule has 4 nitrogen and oxygen atoms in total. The minimum atomic E-state index is -3.83. The summed E-state index contributed by atoms with van der Waals surface area (Å²) in [6.45, 7) is 2.48. The van der Waals surface area contributed by atoms with Crippen molar-refractivity contribution in [3.8, 4) is 0 Å². The Morgan fingerprint density at radius 1 is 1.29 bits per heavy atom. The molecule has 0 aromatic heterocycles. The molecule has 0 heterocycles. The van der Waals surface area contributed by atoms with Gasteiger partial charge in [0.05, 0.1) is 6.04 Å². The van der Waals surface area contributed by atoms with Gasteiger partial charge in [0.15, 0.2) is 0 Å². The quantitative estimate of drug-likeness (QED) is 0.902. The van der Waals surface area contributed by atoms with E-state index in [9.17, 15) is 17.8 Å². The molecule has 3 atom stereocenters. The van der Waals surface area contributed by atoms with Crippen LogP contribution in [0.3, 0.4) is 0 Å². The molecule has 0 saturated heterocycles. The van der Waals surface area contributed by atoms with Gasteiger partial charge < -0.3 is 10.0 Å². The summed E-state index contributed by atoms with van der Waals surface area (Å²) in [5.74, 6) is -5.26. The van der Waals surface area contributed by atoms with E-state index in [0.717, 1.165) is 11.8 Å². The van der Waals surface area contributed by atoms with E-state index < -0.39 is 34.8 Å². The van der Waals surface area contributed by atoms with Gasteiger partial charge in [0, 0.05) is 29.0 Å². The van der Waals surface area contributed by atoms with Crippen molar-refractivity contribution in [2.45, 2.75) is 36.8 Å². The molecule has 3 unspecified atom stereocenters. The van der Waals surface area contributed by atoms with Crippen molar-refractivity contribution in [1.82, 2.24) is 4.90 Å². The summed E-state index contributed by atoms with van der Waals surface area (Å²) < 4.78 is 38.4. The van der Waals surface area contributed by atoms with E-state index in [1.807, 2.05) is 0 Å². The molecule has 7 heteroatoms. The summed E-state index contributed by atoms with van der Waals surface area (Å²) in [7, 11) is 0.135. The fourth-order valence-electron chi connectivity index (χ4n) is 1.75. The van der Waals surface area contributed by atoms with Crippen molar-refractivity contribution in [2.24, 2.45) is 0 Å². The Labute approximate surface area is 125 Å². The Kier molecular flexibility index (Phi) is 5.58. The van der Waals surface area contributed by atoms with E-state index in [1.165, 1.54) is 13.3 Å². The van der Waals surface area contributed by atoms with Crippen molar-refractivity contribution < 1.29 is 22.9 Å². The lowest BCUT2D eigenvalue weighted by Gasteiger charge is -2.30. The number of hydrogen-bond donors (Lipinski definition) is 1. The van der Waals surface area contributed by atoms with Crippen LogP contribution in [0.1, 0.15) is 25.5 Å². The average Bonchev–Trinajstić information content (AvgIpc) is 2.44. The Balaban J connectivity index is 2.94. The number of hydrogen-bond acceptors (Lipinski definition) is 3. The second-order valence-electron chi connectivity index (χ2n) is 4.91. The summed E-state index contributed by atoms with van der Waals surface area (Å²) in [4.78, 5) is 13.3. The van der Waals surface area contributed by atoms with Crippen LogP contribution in [-0.2, 0) is 15.6 Å². The molecule has 1 aromatic carbocycles. The molecular formula is C14H19F2NO3S. The van der Waals surface area contributed by atoms with Gasteiger partial charge in [-0.1, -0.05) is 12.1 Å². The highest BCUT2D eigenvalue weighted by molar-refractivity contribution is 7.84. The van der Waals surface area contributed by atoms with Gasteiger partial charge in [-0.15, -0.1) is 0 Å². The molecule has 0 aliphatic carbocycles. The third-order valence-corrected chi connectivity index (χ3v) is 4.34. The molecule has 1 aromatic rings. The molecule has 0 spiro atoms. The standard InChI is InChI=1S/C14H19F2NO3S/c1-9(11-5-7-12(8-6-11)21(4)20)17(3)13(19)14(15,16)10(2)18/h5-10,18H,1-4H3. The van der Waals surface area contributed by atoms with Crippen LogP contribution in [0.2, 0.25) is 0 Å². The number of aliphatic hydroxyl groups excluding tert-OH is 1. The number of aliphatic hydroxyl groups is 1. The van der Waals surface area contributed by atoms with Crippen molar-refractivity contribution in [3.63, 3.8) is 0 Å². The number of carbonyl (C=O) groups excluding carboxylic acids is 1. The summed E-state index contributed by atoms with van der Waals surface area (Å²) in [5, 5.41) is 9.02. The number of halogens is 2. The van der Waals surface area contributed by atoms with Crippen LogP contribution in [0.15, 0.2) is 29.2 Å². The molecule has 21 heavy (non-hydrogen) atoms. The zero-order valence-electron chi connectivity index (χ0n) is 12.3. The minimum Gasteiger partial charge on any atom is -0.387 e. The van der Waals surface area contributed by atoms with Gasteiger partial charge in [0.2, 0.25) is 0 Å². The molecule has 1 rings (SSSR count). The van der Waals surface area contributed by atoms with Crippen LogP contribution in [0.5, 0.6) is 0 Å². The highest BCUT2D eigenvalue weighted by Crippen LogP contribution is 2.27. The van der Waals surface area contributed by atoms with Gasteiger partial charge in [-0.3, -0.25) is 9.00 Å². The first-order chi connectivity index (χ1) is 9.59. The number of nitrogens with zero attached hydrogens (tertiary/aromatic N) is 1. The van der Waals surface area contributed by atoms with Crippen molar-refractivity contribution in [1.29, 1.82) is 0 Å². The van der Waals surface area contributed by atoms with E-state index in [2.05, 4.69) is 0 Å². The maximum Gasteiger partial charge on any atom is 0.349 e. The molecule has 0 aliphatic rings. The van der Waals surface area contributed by atoms with E-state index in [0.29, 0.717) is 10.5 Å². The second kappa shape index (κ2) is 6.62. The lowest BCUT2D eigenvalue weighted by Crippen LogP contribution is -2.48. The normalized spacial score (nSPS) is 16.1. The first-order valence-corrected chi connectivity index (χ1v) is 7.91. The summed E-state index contributed by atoms with van der Waals surface area (Å²) >= 11 is 0. The summed E-state index contributed by atoms with van der Waals surface area (Å²) in [5.41, 5.74) is 0.640. The van der Waals surface area contributed by atoms with E-state index in [-0.39, 0.29) is 0 Å². The van der Waals surface area contributed by atoms with E-state index in [1.54, 1.807) is 31.2 Å². The molecule has 0 radical (unpaired) electrons. The van der Waals surface area contributed by atoms with Gasteiger partial charge in [-0.05, 0) is 31.5 Å². The Morgan fingerprint density at radius 2 is 1.76 bits per heavy atom. The predicted octanol–water partition coefficient (Wildman–Crippen LogP) is 1.96. The number of benzene rings is 1. The molecule has 1 N–H and O–H groups in total. The lowest BCUT2D eigenvalue weighted by molar-refractivity contribution is -0.173. The third kappa shape index (κ3) is 3.85. The maximum absolute atomic E-state index is 13.6. The Bertz CT molecular complexity index is 532. The van der Waals surface area contributed by atoms with Gasteiger partial charge in [-0.25, -0.2) is 0 Å². The predicted molar refractivity (Wildman–Crippen MR) is 76.6 cm³/mol. The third-order valence-electron chi connectivity index (χ3n) is 3.41. The maximum atomic E-state index is 13.6. The van der Waals surface area contributed by atoms with Crippen LogP contribution in [0.4, 0.5) is 8.78 Å². The monoisotopic (exact) mass is 319 g/mol. The van der Waals surface area contributed by atoms with Crippen molar-refractivity contribution in [2.75, 3.05) is 13.3 Å². The fourth-order valence-corrected chi connectivity index (χ4v) is 2.27. The molecule has 0 fully saturated rings. The van der Waals surface area contributed by atoms with Gasteiger partial charge in [-0.2, -0.15) is 8.78 Å². The Hall–Kier alpha value is -1.34. The topological polar surface area (TPSA) is 57.6 Å². The van der Waals surface area contributed by atoms with Crippen molar-refractivity contribution in [3.05, 3.63) is 29.8 Å². The van der Waals surface area contributed by atoms with Gasteiger partial charge >= 0.3 is 5.92 Å². The molecular weight excluding hydrogens is 300 g/mol. The van der Waals surface area contributed by atoms with E-state index >= 15 is 0 Å². The fraction of sp³-hybridized carbons (Fsp3) is 0.500. The number of carbonyl (C=O) groups is 1. The van der Waals surface area contributed by atoms with Crippen LogP contribution in [0, 0.1) is 0 Å². The smallest absolute Gasteiger partial charge is 0.349 e. The minimum absolute atomic E-state index is 0.596. The van der Waals surface area contributed by atoms with Crippen LogP contribution < -0.4 is 0 Å². The molecule has 118 valence electrons. The molecule has 1 amide bonds. The lowest BCUT2D eigenvalue weighted by atomic mass is 10.1. The summed E-state index contributed by atoms with van der Waals surface area (Å²) in [6.07, 6.45) is -0.512. The van der Waals surface area contributed by atoms with Gasteiger partial charge in [0.1, 0.15) is 6.10 Å². The van der Waals surface area contributed by atoms with Crippen LogP contribution >= 0.6 is 0 Å². The van der Waals surface area contributed by atoms with Crippen molar-refractivity contribution >= 4 is 16.7 Å². The first kappa shape index (κ1) is 17.7. The summed E-state index contributed by atoms with van der Waals surface area (Å²) in [6, 6.07) is 5.96. The van der Waals surface area contributed by atoms with Crippen LogP contribution in [0.25, 0.3) is 0 Å². The molecule has 0 saturated carbocycles. The van der Waals surface area contributed by atoms with Crippen LogP contribution in [-0.4, -0.2) is 45.5 Å². The average molecular weight is 319 g/mol. The SMILES string of the molecule is CC(c1ccc(S(C)=O)cc1)N(C)C(=O)C(F)(F)C(C)O. The number of rotatable bonds is 5. The van der Waals surface area contributed by atoms with E-state index in [4.69, 9.17) is 5.11 Å². The highest BCUT2D eigenvalue weighted by atomic mass is 32.2. The highest BCUT2D eigenvalue weighted by Gasteiger charge is 2.46. The molecule has 0 bridgehead atoms. The first-order valence-electron chi connectivity index (χ1n) is 6.35.